The standard InChI is InChI=1S/C27H30N2O5/c1-29(27(25(31)32)13-6-14-27)24(30)17-11-12-18(15-17)28-26(33)34-16-23-21-9-4-2-7-19(21)20-8-3-5-10-22(20)23/h2-5,7-10,17-18,23H,6,11-16H2,1H3,(H,28,33)(H,31,32)/t17-,18+/m0/s1. The van der Waals surface area contributed by atoms with E-state index in [0.717, 1.165) is 17.5 Å². The SMILES string of the molecule is CN(C(=O)[C@H]1CC[C@@H](NC(=O)OCC2c3ccccc3-c3ccccc32)C1)C1(C(=O)O)CCC1. The van der Waals surface area contributed by atoms with Crippen LogP contribution in [-0.2, 0) is 14.3 Å². The number of nitrogens with zero attached hydrogens (tertiary/aromatic N) is 1. The number of hydrogen-bond acceptors (Lipinski definition) is 4. The fourth-order valence-corrected chi connectivity index (χ4v) is 5.83. The number of alkyl carbamates (subject to hydrolysis) is 1. The lowest BCUT2D eigenvalue weighted by molar-refractivity contribution is -0.165. The number of fused-ring (bicyclic) bond motifs is 3. The maximum atomic E-state index is 13.0. The number of aliphatic carboxylic acids is 1. The minimum Gasteiger partial charge on any atom is -0.479 e. The van der Waals surface area contributed by atoms with E-state index in [1.165, 1.54) is 16.0 Å². The second kappa shape index (κ2) is 8.78. The highest BCUT2D eigenvalue weighted by Crippen LogP contribution is 2.44. The third kappa shape index (κ3) is 3.73. The van der Waals surface area contributed by atoms with Gasteiger partial charge in [0.05, 0.1) is 0 Å². The first-order chi connectivity index (χ1) is 16.4. The summed E-state index contributed by atoms with van der Waals surface area (Å²) in [7, 11) is 1.60. The molecule has 0 aliphatic heterocycles. The van der Waals surface area contributed by atoms with Crippen LogP contribution in [0.15, 0.2) is 48.5 Å². The Hall–Kier alpha value is -3.35. The second-order valence-electron chi connectivity index (χ2n) is 9.76. The third-order valence-corrected chi connectivity index (χ3v) is 8.00. The predicted octanol–water partition coefficient (Wildman–Crippen LogP) is 4.16. The smallest absolute Gasteiger partial charge is 0.407 e. The van der Waals surface area contributed by atoms with Crippen molar-refractivity contribution in [2.24, 2.45) is 5.92 Å². The van der Waals surface area contributed by atoms with Gasteiger partial charge < -0.3 is 20.1 Å². The summed E-state index contributed by atoms with van der Waals surface area (Å²) in [5.74, 6) is -1.35. The number of hydrogen-bond donors (Lipinski definition) is 2. The number of carbonyl (C=O) groups excluding carboxylic acids is 2. The van der Waals surface area contributed by atoms with Crippen LogP contribution in [0.1, 0.15) is 55.6 Å². The highest BCUT2D eigenvalue weighted by Gasteiger charge is 2.51. The fraction of sp³-hybridized carbons (Fsp3) is 0.444. The number of carboxylic acid groups (broad SMARTS) is 1. The van der Waals surface area contributed by atoms with Crippen LogP contribution in [0.2, 0.25) is 0 Å². The molecule has 3 aliphatic rings. The largest absolute Gasteiger partial charge is 0.479 e. The van der Waals surface area contributed by atoms with E-state index in [0.29, 0.717) is 32.1 Å². The Morgan fingerprint density at radius 2 is 1.65 bits per heavy atom. The molecule has 2 atom stereocenters. The van der Waals surface area contributed by atoms with Gasteiger partial charge in [-0.3, -0.25) is 4.79 Å². The van der Waals surface area contributed by atoms with Crippen LogP contribution in [0.25, 0.3) is 11.1 Å². The summed E-state index contributed by atoms with van der Waals surface area (Å²) in [6, 6.07) is 16.2. The van der Waals surface area contributed by atoms with E-state index in [4.69, 9.17) is 4.74 Å². The van der Waals surface area contributed by atoms with Crippen molar-refractivity contribution in [1.29, 1.82) is 0 Å². The van der Waals surface area contributed by atoms with Gasteiger partial charge in [-0.15, -0.1) is 0 Å². The molecule has 0 bridgehead atoms. The molecule has 34 heavy (non-hydrogen) atoms. The molecule has 5 rings (SSSR count). The van der Waals surface area contributed by atoms with Gasteiger partial charge in [-0.25, -0.2) is 9.59 Å². The Bertz CT molecular complexity index is 1080. The summed E-state index contributed by atoms with van der Waals surface area (Å²) in [6.07, 6.45) is 3.15. The van der Waals surface area contributed by atoms with Crippen molar-refractivity contribution in [2.75, 3.05) is 13.7 Å². The van der Waals surface area contributed by atoms with E-state index >= 15 is 0 Å². The Morgan fingerprint density at radius 3 is 2.21 bits per heavy atom. The molecule has 7 heteroatoms. The lowest BCUT2D eigenvalue weighted by atomic mass is 9.75. The topological polar surface area (TPSA) is 95.9 Å². The molecule has 2 aromatic carbocycles. The summed E-state index contributed by atoms with van der Waals surface area (Å²) in [5.41, 5.74) is 3.62. The fourth-order valence-electron chi connectivity index (χ4n) is 5.83. The van der Waals surface area contributed by atoms with E-state index in [2.05, 4.69) is 29.6 Å². The van der Waals surface area contributed by atoms with E-state index in [9.17, 15) is 19.5 Å². The van der Waals surface area contributed by atoms with E-state index in [1.807, 2.05) is 24.3 Å². The van der Waals surface area contributed by atoms with Crippen molar-refractivity contribution in [3.63, 3.8) is 0 Å². The molecule has 0 spiro atoms. The van der Waals surface area contributed by atoms with Gasteiger partial charge in [-0.1, -0.05) is 48.5 Å². The third-order valence-electron chi connectivity index (χ3n) is 8.00. The van der Waals surface area contributed by atoms with Gasteiger partial charge in [0.15, 0.2) is 0 Å². The molecule has 2 aromatic rings. The van der Waals surface area contributed by atoms with Gasteiger partial charge in [0, 0.05) is 24.9 Å². The molecule has 0 unspecified atom stereocenters. The van der Waals surface area contributed by atoms with Crippen LogP contribution < -0.4 is 5.32 Å². The van der Waals surface area contributed by atoms with Gasteiger partial charge >= 0.3 is 12.1 Å². The average molecular weight is 463 g/mol. The molecule has 2 fully saturated rings. The monoisotopic (exact) mass is 462 g/mol. The van der Waals surface area contributed by atoms with Crippen LogP contribution in [0.5, 0.6) is 0 Å². The molecule has 2 N–H and O–H groups in total. The van der Waals surface area contributed by atoms with Crippen LogP contribution in [0.3, 0.4) is 0 Å². The second-order valence-corrected chi connectivity index (χ2v) is 9.76. The number of benzene rings is 2. The number of ether oxygens (including phenoxy) is 1. The van der Waals surface area contributed by atoms with Gasteiger partial charge in [0.2, 0.25) is 5.91 Å². The summed E-state index contributed by atoms with van der Waals surface area (Å²) in [6.45, 7) is 0.249. The lowest BCUT2D eigenvalue weighted by Crippen LogP contribution is -2.60. The number of amides is 2. The van der Waals surface area contributed by atoms with Crippen LogP contribution in [-0.4, -0.2) is 53.2 Å². The molecule has 3 aliphatic carbocycles. The number of rotatable bonds is 6. The zero-order chi connectivity index (χ0) is 23.9. The molecule has 0 radical (unpaired) electrons. The van der Waals surface area contributed by atoms with Crippen molar-refractivity contribution in [3.05, 3.63) is 59.7 Å². The Kier molecular flexibility index (Phi) is 5.80. The maximum absolute atomic E-state index is 13.0. The molecule has 7 nitrogen and oxygen atoms in total. The van der Waals surface area contributed by atoms with Crippen molar-refractivity contribution >= 4 is 18.0 Å². The van der Waals surface area contributed by atoms with Gasteiger partial charge in [0.25, 0.3) is 0 Å². The lowest BCUT2D eigenvalue weighted by Gasteiger charge is -2.45. The number of nitrogens with one attached hydrogen (secondary N) is 1. The summed E-state index contributed by atoms with van der Waals surface area (Å²) < 4.78 is 5.63. The molecule has 178 valence electrons. The first kappa shape index (κ1) is 22.4. The summed E-state index contributed by atoms with van der Waals surface area (Å²) in [4.78, 5) is 38.7. The molecule has 2 amide bonds. The van der Waals surface area contributed by atoms with E-state index in [1.54, 1.807) is 7.05 Å². The van der Waals surface area contributed by atoms with Crippen molar-refractivity contribution in [1.82, 2.24) is 10.2 Å². The zero-order valence-electron chi connectivity index (χ0n) is 19.3. The minimum absolute atomic E-state index is 0.000566. The molecule has 0 saturated heterocycles. The van der Waals surface area contributed by atoms with Gasteiger partial charge in [0.1, 0.15) is 12.1 Å². The highest BCUT2D eigenvalue weighted by atomic mass is 16.5. The van der Waals surface area contributed by atoms with Crippen molar-refractivity contribution in [3.8, 4) is 11.1 Å². The Morgan fingerprint density at radius 1 is 1.03 bits per heavy atom. The molecule has 2 saturated carbocycles. The minimum atomic E-state index is -1.06. The molecular weight excluding hydrogens is 432 g/mol. The highest BCUT2D eigenvalue weighted by molar-refractivity contribution is 5.89. The van der Waals surface area contributed by atoms with Crippen LogP contribution >= 0.6 is 0 Å². The number of likely N-dealkylation sites (N-methyl/N-ethyl adjacent to an activating group) is 1. The van der Waals surface area contributed by atoms with Crippen molar-refractivity contribution in [2.45, 2.75) is 56.0 Å². The summed E-state index contributed by atoms with van der Waals surface area (Å²) >= 11 is 0. The van der Waals surface area contributed by atoms with Crippen molar-refractivity contribution < 1.29 is 24.2 Å². The molecule has 0 aromatic heterocycles. The van der Waals surface area contributed by atoms with Gasteiger partial charge in [-0.05, 0) is 60.8 Å². The molecular formula is C27H30N2O5. The number of carbonyl (C=O) groups is 3. The summed E-state index contributed by atoms with van der Waals surface area (Å²) in [5, 5.41) is 12.5. The van der Waals surface area contributed by atoms with E-state index in [-0.39, 0.29) is 30.4 Å². The Balaban J connectivity index is 1.16. The normalized spacial score (nSPS) is 22.3. The number of carboxylic acids is 1. The zero-order valence-corrected chi connectivity index (χ0v) is 19.3. The first-order valence-corrected chi connectivity index (χ1v) is 12.0. The predicted molar refractivity (Wildman–Crippen MR) is 126 cm³/mol. The molecule has 0 heterocycles. The van der Waals surface area contributed by atoms with Gasteiger partial charge in [-0.2, -0.15) is 0 Å². The van der Waals surface area contributed by atoms with Crippen LogP contribution in [0.4, 0.5) is 4.79 Å². The average Bonchev–Trinajstić information content (AvgIpc) is 3.39. The quantitative estimate of drug-likeness (QED) is 0.672. The van der Waals surface area contributed by atoms with Crippen LogP contribution in [0, 0.1) is 5.92 Å². The maximum Gasteiger partial charge on any atom is 0.407 e. The first-order valence-electron chi connectivity index (χ1n) is 12.0. The van der Waals surface area contributed by atoms with E-state index < -0.39 is 17.6 Å². The Labute approximate surface area is 199 Å².